The van der Waals surface area contributed by atoms with Crippen LogP contribution in [-0.2, 0) is 5.41 Å². The van der Waals surface area contributed by atoms with Gasteiger partial charge < -0.3 is 5.32 Å². The van der Waals surface area contributed by atoms with E-state index in [2.05, 4.69) is 43.4 Å². The van der Waals surface area contributed by atoms with Crippen LogP contribution in [0.4, 0.5) is 5.69 Å². The van der Waals surface area contributed by atoms with E-state index in [1.807, 2.05) is 0 Å². The Morgan fingerprint density at radius 3 is 2.92 bits per heavy atom. The summed E-state index contributed by atoms with van der Waals surface area (Å²) in [5.74, 6) is 0. The van der Waals surface area contributed by atoms with Gasteiger partial charge in [-0.05, 0) is 29.9 Å². The molecule has 1 atom stereocenters. The van der Waals surface area contributed by atoms with Crippen LogP contribution in [0.2, 0.25) is 0 Å². The fourth-order valence-corrected chi connectivity index (χ4v) is 2.14. The van der Waals surface area contributed by atoms with Gasteiger partial charge in [0.15, 0.2) is 0 Å². The second-order valence-electron chi connectivity index (χ2n) is 4.14. The topological polar surface area (TPSA) is 12.0 Å². The van der Waals surface area contributed by atoms with Crippen molar-refractivity contribution in [2.45, 2.75) is 32.1 Å². The molecule has 1 heterocycles. The molecule has 13 heavy (non-hydrogen) atoms. The molecule has 1 aliphatic heterocycles. The van der Waals surface area contributed by atoms with Gasteiger partial charge in [-0.2, -0.15) is 0 Å². The maximum Gasteiger partial charge on any atom is 0.0378 e. The molecule has 70 valence electrons. The lowest BCUT2D eigenvalue weighted by Crippen LogP contribution is -2.30. The molecule has 0 aliphatic carbocycles. The van der Waals surface area contributed by atoms with Crippen molar-refractivity contribution in [1.29, 1.82) is 0 Å². The first-order valence-electron chi connectivity index (χ1n) is 5.10. The Morgan fingerprint density at radius 1 is 1.38 bits per heavy atom. The highest BCUT2D eigenvalue weighted by molar-refractivity contribution is 5.56. The van der Waals surface area contributed by atoms with Crippen molar-refractivity contribution < 1.29 is 0 Å². The first-order chi connectivity index (χ1) is 6.26. The molecule has 1 unspecified atom stereocenters. The van der Waals surface area contributed by atoms with Crippen molar-refractivity contribution >= 4 is 5.69 Å². The summed E-state index contributed by atoms with van der Waals surface area (Å²) >= 11 is 0. The molecule has 0 saturated carbocycles. The third-order valence-electron chi connectivity index (χ3n) is 3.35. The summed E-state index contributed by atoms with van der Waals surface area (Å²) in [5.41, 5.74) is 3.21. The highest BCUT2D eigenvalue weighted by Gasteiger charge is 2.29. The minimum Gasteiger partial charge on any atom is -0.385 e. The Labute approximate surface area is 80.2 Å². The monoisotopic (exact) mass is 175 g/mol. The zero-order chi connectivity index (χ0) is 9.31. The second kappa shape index (κ2) is 3.06. The Balaban J connectivity index is 2.48. The van der Waals surface area contributed by atoms with Gasteiger partial charge in [0.25, 0.3) is 0 Å². The van der Waals surface area contributed by atoms with Crippen LogP contribution in [0.25, 0.3) is 0 Å². The van der Waals surface area contributed by atoms with Crippen LogP contribution >= 0.6 is 0 Å². The Kier molecular flexibility index (Phi) is 2.03. The van der Waals surface area contributed by atoms with Gasteiger partial charge in [-0.15, -0.1) is 0 Å². The van der Waals surface area contributed by atoms with E-state index in [9.17, 15) is 0 Å². The van der Waals surface area contributed by atoms with Crippen LogP contribution < -0.4 is 5.32 Å². The zero-order valence-corrected chi connectivity index (χ0v) is 8.43. The first kappa shape index (κ1) is 8.61. The lowest BCUT2D eigenvalue weighted by molar-refractivity contribution is 0.420. The highest BCUT2D eigenvalue weighted by atomic mass is 14.9. The van der Waals surface area contributed by atoms with Gasteiger partial charge >= 0.3 is 0 Å². The number of hydrogen-bond acceptors (Lipinski definition) is 1. The standard InChI is InChI=1S/C12H17N/c1-3-12(2)8-9-13-11-7-5-4-6-10(11)12/h4-7,13H,3,8-9H2,1-2H3. The van der Waals surface area contributed by atoms with Crippen LogP contribution in [0.3, 0.4) is 0 Å². The third kappa shape index (κ3) is 1.32. The molecule has 1 heteroatoms. The fourth-order valence-electron chi connectivity index (χ4n) is 2.14. The van der Waals surface area contributed by atoms with Crippen LogP contribution in [0, 0.1) is 0 Å². The summed E-state index contributed by atoms with van der Waals surface area (Å²) in [6.45, 7) is 5.76. The minimum absolute atomic E-state index is 0.391. The molecule has 1 aromatic carbocycles. The number of para-hydroxylation sites is 1. The number of hydrogen-bond donors (Lipinski definition) is 1. The number of anilines is 1. The summed E-state index contributed by atoms with van der Waals surface area (Å²) in [5, 5.41) is 3.45. The maximum atomic E-state index is 3.45. The molecule has 1 aliphatic rings. The van der Waals surface area contributed by atoms with Crippen LogP contribution in [0.5, 0.6) is 0 Å². The van der Waals surface area contributed by atoms with E-state index >= 15 is 0 Å². The summed E-state index contributed by atoms with van der Waals surface area (Å²) < 4.78 is 0. The number of nitrogens with one attached hydrogen (secondary N) is 1. The molecular weight excluding hydrogens is 158 g/mol. The van der Waals surface area contributed by atoms with E-state index in [0.29, 0.717) is 5.41 Å². The molecule has 0 radical (unpaired) electrons. The van der Waals surface area contributed by atoms with Gasteiger partial charge in [0.05, 0.1) is 0 Å². The van der Waals surface area contributed by atoms with E-state index in [1.54, 1.807) is 0 Å². The van der Waals surface area contributed by atoms with E-state index in [0.717, 1.165) is 6.54 Å². The lowest BCUT2D eigenvalue weighted by Gasteiger charge is -2.35. The molecule has 0 fully saturated rings. The Morgan fingerprint density at radius 2 is 2.15 bits per heavy atom. The fraction of sp³-hybridized carbons (Fsp3) is 0.500. The van der Waals surface area contributed by atoms with Gasteiger partial charge in [0.1, 0.15) is 0 Å². The van der Waals surface area contributed by atoms with Crippen LogP contribution in [0.1, 0.15) is 32.3 Å². The molecule has 0 spiro atoms. The second-order valence-corrected chi connectivity index (χ2v) is 4.14. The van der Waals surface area contributed by atoms with Gasteiger partial charge in [0.2, 0.25) is 0 Å². The van der Waals surface area contributed by atoms with Crippen molar-refractivity contribution in [2.75, 3.05) is 11.9 Å². The van der Waals surface area contributed by atoms with Gasteiger partial charge in [-0.25, -0.2) is 0 Å². The molecule has 2 rings (SSSR count). The van der Waals surface area contributed by atoms with Crippen molar-refractivity contribution in [1.82, 2.24) is 0 Å². The van der Waals surface area contributed by atoms with Crippen LogP contribution in [-0.4, -0.2) is 6.54 Å². The van der Waals surface area contributed by atoms with Crippen molar-refractivity contribution in [2.24, 2.45) is 0 Å². The van der Waals surface area contributed by atoms with E-state index < -0.39 is 0 Å². The Bertz CT molecular complexity index is 306. The van der Waals surface area contributed by atoms with Crippen LogP contribution in [0.15, 0.2) is 24.3 Å². The summed E-state index contributed by atoms with van der Waals surface area (Å²) in [6, 6.07) is 8.68. The molecule has 0 saturated heterocycles. The smallest absolute Gasteiger partial charge is 0.0378 e. The van der Waals surface area contributed by atoms with E-state index in [1.165, 1.54) is 24.1 Å². The normalized spacial score (nSPS) is 26.3. The first-order valence-corrected chi connectivity index (χ1v) is 5.10. The Hall–Kier alpha value is -0.980. The lowest BCUT2D eigenvalue weighted by atomic mass is 9.74. The summed E-state index contributed by atoms with van der Waals surface area (Å²) in [6.07, 6.45) is 2.48. The molecule has 0 bridgehead atoms. The maximum absolute atomic E-state index is 3.45. The average molecular weight is 175 g/mol. The van der Waals surface area contributed by atoms with Gasteiger partial charge in [-0.1, -0.05) is 32.0 Å². The van der Waals surface area contributed by atoms with Gasteiger partial charge in [-0.3, -0.25) is 0 Å². The molecule has 1 N–H and O–H groups in total. The summed E-state index contributed by atoms with van der Waals surface area (Å²) in [4.78, 5) is 0. The predicted octanol–water partition coefficient (Wildman–Crippen LogP) is 3.17. The van der Waals surface area contributed by atoms with Gasteiger partial charge in [0, 0.05) is 12.2 Å². The predicted molar refractivity (Wildman–Crippen MR) is 57.2 cm³/mol. The zero-order valence-electron chi connectivity index (χ0n) is 8.43. The SMILES string of the molecule is CCC1(C)CCNc2ccccc21. The largest absolute Gasteiger partial charge is 0.385 e. The molecule has 0 aromatic heterocycles. The quantitative estimate of drug-likeness (QED) is 0.691. The number of fused-ring (bicyclic) bond motifs is 1. The molecule has 1 nitrogen and oxygen atoms in total. The van der Waals surface area contributed by atoms with Crippen molar-refractivity contribution in [3.05, 3.63) is 29.8 Å². The van der Waals surface area contributed by atoms with Crippen molar-refractivity contribution in [3.63, 3.8) is 0 Å². The highest BCUT2D eigenvalue weighted by Crippen LogP contribution is 2.38. The summed E-state index contributed by atoms with van der Waals surface area (Å²) in [7, 11) is 0. The molecule has 0 amide bonds. The number of rotatable bonds is 1. The average Bonchev–Trinajstić information content (AvgIpc) is 2.19. The molecular formula is C12H17N. The minimum atomic E-state index is 0.391. The number of benzene rings is 1. The van der Waals surface area contributed by atoms with E-state index in [4.69, 9.17) is 0 Å². The third-order valence-corrected chi connectivity index (χ3v) is 3.35. The van der Waals surface area contributed by atoms with Crippen molar-refractivity contribution in [3.8, 4) is 0 Å². The molecule has 1 aromatic rings. The van der Waals surface area contributed by atoms with E-state index in [-0.39, 0.29) is 0 Å².